The Morgan fingerprint density at radius 3 is 1.46 bits per heavy atom. The zero-order valence-electron chi connectivity index (χ0n) is 16.4. The minimum Gasteiger partial charge on any atom is -0.464 e. The maximum atomic E-state index is 11.8. The van der Waals surface area contributed by atoms with Gasteiger partial charge in [-0.05, 0) is 13.3 Å². The van der Waals surface area contributed by atoms with Gasteiger partial charge in [0.1, 0.15) is 0 Å². The van der Waals surface area contributed by atoms with Crippen LogP contribution in [0.3, 0.4) is 0 Å². The fourth-order valence-corrected chi connectivity index (χ4v) is 3.61. The van der Waals surface area contributed by atoms with Crippen molar-refractivity contribution in [2.45, 2.75) is 112 Å². The highest BCUT2D eigenvalue weighted by Gasteiger charge is 2.53. The molecule has 0 rings (SSSR count). The highest BCUT2D eigenvalue weighted by molar-refractivity contribution is 6.68. The average molecular weight is 450 g/mol. The summed E-state index contributed by atoms with van der Waals surface area (Å²) in [5.74, 6) is -0.789. The molecule has 0 aromatic carbocycles. The molecule has 0 aliphatic heterocycles. The van der Waals surface area contributed by atoms with Crippen LogP contribution in [-0.2, 0) is 9.53 Å². The number of alkyl halides is 4. The molecule has 0 atom stereocenters. The van der Waals surface area contributed by atoms with Crippen LogP contribution in [0.1, 0.15) is 104 Å². The van der Waals surface area contributed by atoms with E-state index in [2.05, 4.69) is 6.92 Å². The monoisotopic (exact) mass is 448 g/mol. The smallest absolute Gasteiger partial charge is 0.345 e. The number of carbonyl (C=O) groups excluding carboxylic acids is 1. The number of rotatable bonds is 17. The predicted molar refractivity (Wildman–Crippen MR) is 116 cm³/mol. The lowest BCUT2D eigenvalue weighted by Gasteiger charge is -2.30. The Hall–Kier alpha value is 0.630. The molecule has 0 spiro atoms. The Morgan fingerprint density at radius 1 is 0.692 bits per heavy atom. The van der Waals surface area contributed by atoms with E-state index in [0.29, 0.717) is 6.42 Å². The lowest BCUT2D eigenvalue weighted by Crippen LogP contribution is -2.44. The molecule has 2 nitrogen and oxygen atoms in total. The molecule has 0 bridgehead atoms. The van der Waals surface area contributed by atoms with Crippen LogP contribution in [-0.4, -0.2) is 21.2 Å². The van der Waals surface area contributed by atoms with Crippen molar-refractivity contribution in [1.82, 2.24) is 0 Å². The fraction of sp³-hybridized carbons (Fsp3) is 0.950. The minimum absolute atomic E-state index is 0.183. The van der Waals surface area contributed by atoms with Crippen molar-refractivity contribution < 1.29 is 9.53 Å². The normalized spacial score (nSPS) is 12.4. The number of ether oxygens (including phenoxy) is 1. The quantitative estimate of drug-likeness (QED) is 0.126. The van der Waals surface area contributed by atoms with Crippen LogP contribution < -0.4 is 0 Å². The van der Waals surface area contributed by atoms with Crippen molar-refractivity contribution in [2.24, 2.45) is 0 Å². The van der Waals surface area contributed by atoms with Crippen LogP contribution in [0.5, 0.6) is 0 Å². The van der Waals surface area contributed by atoms with Gasteiger partial charge < -0.3 is 4.74 Å². The molecule has 6 heteroatoms. The zero-order valence-corrected chi connectivity index (χ0v) is 19.5. The van der Waals surface area contributed by atoms with Crippen molar-refractivity contribution in [1.29, 1.82) is 0 Å². The van der Waals surface area contributed by atoms with Crippen LogP contribution in [0.4, 0.5) is 0 Å². The molecule has 0 N–H and O–H groups in total. The molecule has 0 aromatic heterocycles. The van der Waals surface area contributed by atoms with Gasteiger partial charge in [0.15, 0.2) is 4.33 Å². The largest absolute Gasteiger partial charge is 0.464 e. The molecule has 0 saturated carbocycles. The van der Waals surface area contributed by atoms with E-state index in [0.717, 1.165) is 19.3 Å². The highest BCUT2D eigenvalue weighted by Crippen LogP contribution is 2.47. The summed E-state index contributed by atoms with van der Waals surface area (Å²) in [4.78, 5) is 11.8. The second-order valence-corrected chi connectivity index (χ2v) is 9.80. The van der Waals surface area contributed by atoms with E-state index in [1.54, 1.807) is 6.92 Å². The zero-order chi connectivity index (χ0) is 19.9. The Bertz CT molecular complexity index is 360. The van der Waals surface area contributed by atoms with E-state index in [4.69, 9.17) is 51.1 Å². The third-order valence-electron chi connectivity index (χ3n) is 4.59. The van der Waals surface area contributed by atoms with Crippen LogP contribution in [0.15, 0.2) is 0 Å². The summed E-state index contributed by atoms with van der Waals surface area (Å²) in [6.45, 7) is 4.11. The molecule has 0 fully saturated rings. The summed E-state index contributed by atoms with van der Waals surface area (Å²) >= 11 is 24.5. The lowest BCUT2D eigenvalue weighted by molar-refractivity contribution is -0.144. The van der Waals surface area contributed by atoms with Gasteiger partial charge >= 0.3 is 5.97 Å². The summed E-state index contributed by atoms with van der Waals surface area (Å²) in [5, 5.41) is 0. The third kappa shape index (κ3) is 11.5. The molecule has 0 radical (unpaired) electrons. The summed E-state index contributed by atoms with van der Waals surface area (Å²) in [6.07, 6.45) is 16.7. The maximum Gasteiger partial charge on any atom is 0.345 e. The van der Waals surface area contributed by atoms with Gasteiger partial charge in [0.05, 0.1) is 6.61 Å². The Morgan fingerprint density at radius 2 is 1.08 bits per heavy atom. The second-order valence-electron chi connectivity index (χ2n) is 6.99. The maximum absolute atomic E-state index is 11.8. The van der Waals surface area contributed by atoms with Crippen LogP contribution >= 0.6 is 46.4 Å². The van der Waals surface area contributed by atoms with Crippen molar-refractivity contribution in [3.63, 3.8) is 0 Å². The molecule has 26 heavy (non-hydrogen) atoms. The van der Waals surface area contributed by atoms with E-state index in [-0.39, 0.29) is 6.61 Å². The number of hydrogen-bond donors (Lipinski definition) is 0. The molecular formula is C20H36Cl4O2. The molecule has 0 heterocycles. The standard InChI is InChI=1S/C20H36Cl4O2/c1-3-5-6-7-8-9-10-11-12-13-14-15-16-17-19(21,22)20(23,24)18(25)26-4-2/h3-17H2,1-2H3. The van der Waals surface area contributed by atoms with Gasteiger partial charge in [0.2, 0.25) is 4.33 Å². The number of hydrogen-bond acceptors (Lipinski definition) is 2. The first-order valence-corrected chi connectivity index (χ1v) is 11.7. The molecule has 0 unspecified atom stereocenters. The molecule has 0 aliphatic rings. The van der Waals surface area contributed by atoms with Crippen molar-refractivity contribution in [3.8, 4) is 0 Å². The third-order valence-corrected chi connectivity index (χ3v) is 6.87. The number of esters is 1. The second kappa shape index (κ2) is 15.5. The molecule has 0 amide bonds. The van der Waals surface area contributed by atoms with E-state index in [1.165, 1.54) is 64.2 Å². The Kier molecular flexibility index (Phi) is 15.9. The molecule has 0 aromatic rings. The van der Waals surface area contributed by atoms with E-state index >= 15 is 0 Å². The first kappa shape index (κ1) is 26.6. The molecule has 156 valence electrons. The van der Waals surface area contributed by atoms with Gasteiger partial charge in [-0.15, -0.1) is 0 Å². The topological polar surface area (TPSA) is 26.3 Å². The van der Waals surface area contributed by atoms with Crippen LogP contribution in [0.25, 0.3) is 0 Å². The summed E-state index contributed by atoms with van der Waals surface area (Å²) in [5.41, 5.74) is 0. The van der Waals surface area contributed by atoms with Gasteiger partial charge in [-0.2, -0.15) is 0 Å². The van der Waals surface area contributed by atoms with E-state index in [1.807, 2.05) is 0 Å². The minimum atomic E-state index is -1.94. The highest BCUT2D eigenvalue weighted by atomic mass is 35.5. The van der Waals surface area contributed by atoms with E-state index < -0.39 is 14.6 Å². The van der Waals surface area contributed by atoms with Crippen LogP contribution in [0, 0.1) is 0 Å². The first-order chi connectivity index (χ1) is 12.3. The number of unbranched alkanes of at least 4 members (excludes halogenated alkanes) is 12. The van der Waals surface area contributed by atoms with Gasteiger partial charge in [0, 0.05) is 0 Å². The lowest BCUT2D eigenvalue weighted by atomic mass is 10.0. The molecule has 0 saturated heterocycles. The summed E-state index contributed by atoms with van der Waals surface area (Å²) < 4.78 is 1.36. The van der Waals surface area contributed by atoms with Crippen LogP contribution in [0.2, 0.25) is 0 Å². The van der Waals surface area contributed by atoms with Crippen molar-refractivity contribution in [2.75, 3.05) is 6.61 Å². The summed E-state index contributed by atoms with van der Waals surface area (Å²) in [6, 6.07) is 0. The predicted octanol–water partition coefficient (Wildman–Crippen LogP) is 8.38. The summed E-state index contributed by atoms with van der Waals surface area (Å²) in [7, 11) is 0. The SMILES string of the molecule is CCCCCCCCCCCCCCCC(Cl)(Cl)C(Cl)(Cl)C(=O)OCC. The average Bonchev–Trinajstić information content (AvgIpc) is 2.59. The van der Waals surface area contributed by atoms with E-state index in [9.17, 15) is 4.79 Å². The van der Waals surface area contributed by atoms with Gasteiger partial charge in [0.25, 0.3) is 0 Å². The van der Waals surface area contributed by atoms with Gasteiger partial charge in [-0.3, -0.25) is 0 Å². The Balaban J connectivity index is 3.66. The molecular weight excluding hydrogens is 414 g/mol. The van der Waals surface area contributed by atoms with Gasteiger partial charge in [-0.1, -0.05) is 137 Å². The first-order valence-electron chi connectivity index (χ1n) is 10.2. The van der Waals surface area contributed by atoms with Crippen molar-refractivity contribution in [3.05, 3.63) is 0 Å². The fourth-order valence-electron chi connectivity index (χ4n) is 2.89. The molecule has 0 aliphatic carbocycles. The number of halogens is 4. The van der Waals surface area contributed by atoms with Gasteiger partial charge in [-0.25, -0.2) is 4.79 Å². The Labute approximate surface area is 180 Å². The van der Waals surface area contributed by atoms with Crippen molar-refractivity contribution >= 4 is 52.4 Å². The number of carbonyl (C=O) groups is 1.